The average Bonchev–Trinajstić information content (AvgIpc) is 2.14. The van der Waals surface area contributed by atoms with Gasteiger partial charge in [-0.1, -0.05) is 0 Å². The third-order valence-corrected chi connectivity index (χ3v) is 1.29. The van der Waals surface area contributed by atoms with Crippen LogP contribution in [0.25, 0.3) is 0 Å². The van der Waals surface area contributed by atoms with E-state index in [9.17, 15) is 4.79 Å². The van der Waals surface area contributed by atoms with Crippen LogP contribution in [0, 0.1) is 5.92 Å². The molecule has 0 bridgehead atoms. The zero-order valence-corrected chi connectivity index (χ0v) is 6.63. The van der Waals surface area contributed by atoms with E-state index in [-0.39, 0.29) is 24.8 Å². The highest BCUT2D eigenvalue weighted by atomic mass is 35.5. The summed E-state index contributed by atoms with van der Waals surface area (Å²) in [6.07, 6.45) is 2.06. The minimum atomic E-state index is 0. The molecule has 0 radical (unpaired) electrons. The third-order valence-electron chi connectivity index (χ3n) is 1.29. The van der Waals surface area contributed by atoms with Crippen LogP contribution >= 0.6 is 24.8 Å². The Balaban J connectivity index is 0. The second-order valence-electron chi connectivity index (χ2n) is 1.89. The Morgan fingerprint density at radius 1 is 1.44 bits per heavy atom. The lowest BCUT2D eigenvalue weighted by molar-refractivity contribution is -0.110. The van der Waals surface area contributed by atoms with Crippen LogP contribution in [-0.2, 0) is 4.79 Å². The molecule has 2 nitrogen and oxygen atoms in total. The van der Waals surface area contributed by atoms with Gasteiger partial charge in [0.1, 0.15) is 6.29 Å². The molecule has 0 aromatic heterocycles. The van der Waals surface area contributed by atoms with Gasteiger partial charge in [-0.05, 0) is 13.0 Å². The second-order valence-corrected chi connectivity index (χ2v) is 1.89. The van der Waals surface area contributed by atoms with Gasteiger partial charge < -0.3 is 10.1 Å². The molecule has 1 heterocycles. The first kappa shape index (κ1) is 11.9. The summed E-state index contributed by atoms with van der Waals surface area (Å²) in [5, 5.41) is 3.09. The smallest absolute Gasteiger partial charge is 0.124 e. The van der Waals surface area contributed by atoms with Crippen LogP contribution in [0.1, 0.15) is 6.42 Å². The molecule has 9 heavy (non-hydrogen) atoms. The maximum atomic E-state index is 9.97. The van der Waals surface area contributed by atoms with E-state index in [0.717, 1.165) is 25.8 Å². The minimum absolute atomic E-state index is 0. The molecule has 4 heteroatoms. The Morgan fingerprint density at radius 2 is 2.11 bits per heavy atom. The van der Waals surface area contributed by atoms with Crippen LogP contribution in [0.4, 0.5) is 0 Å². The van der Waals surface area contributed by atoms with E-state index in [1.54, 1.807) is 0 Å². The SMILES string of the molecule is Cl.Cl.O=CC1CCNC1. The molecular weight excluding hydrogens is 161 g/mol. The Labute approximate surface area is 67.2 Å². The van der Waals surface area contributed by atoms with Gasteiger partial charge in [0.2, 0.25) is 0 Å². The van der Waals surface area contributed by atoms with Crippen LogP contribution in [-0.4, -0.2) is 19.4 Å². The van der Waals surface area contributed by atoms with E-state index in [4.69, 9.17) is 0 Å². The fourth-order valence-electron chi connectivity index (χ4n) is 0.793. The predicted octanol–water partition coefficient (Wildman–Crippen LogP) is 0.638. The molecule has 1 fully saturated rings. The molecule has 0 aromatic rings. The number of aldehydes is 1. The summed E-state index contributed by atoms with van der Waals surface area (Å²) >= 11 is 0. The molecule has 1 rings (SSSR count). The van der Waals surface area contributed by atoms with E-state index in [0.29, 0.717) is 5.92 Å². The third kappa shape index (κ3) is 3.73. The van der Waals surface area contributed by atoms with Gasteiger partial charge >= 0.3 is 0 Å². The molecule has 1 saturated heterocycles. The molecule has 1 aliphatic rings. The molecule has 0 aliphatic carbocycles. The van der Waals surface area contributed by atoms with Crippen molar-refractivity contribution in [1.29, 1.82) is 0 Å². The first-order chi connectivity index (χ1) is 3.43. The molecule has 1 aliphatic heterocycles. The predicted molar refractivity (Wildman–Crippen MR) is 41.5 cm³/mol. The second kappa shape index (κ2) is 6.33. The number of hydrogen-bond acceptors (Lipinski definition) is 2. The Morgan fingerprint density at radius 3 is 2.33 bits per heavy atom. The van der Waals surface area contributed by atoms with Crippen LogP contribution < -0.4 is 5.32 Å². The highest BCUT2D eigenvalue weighted by molar-refractivity contribution is 5.85. The van der Waals surface area contributed by atoms with Crippen molar-refractivity contribution in [2.24, 2.45) is 5.92 Å². The summed E-state index contributed by atoms with van der Waals surface area (Å²) in [5.74, 6) is 0.306. The molecule has 1 atom stereocenters. The number of carbonyl (C=O) groups excluding carboxylic acids is 1. The Kier molecular flexibility index (Phi) is 8.40. The monoisotopic (exact) mass is 171 g/mol. The zero-order valence-electron chi connectivity index (χ0n) is 5.00. The highest BCUT2D eigenvalue weighted by Crippen LogP contribution is 2.01. The van der Waals surface area contributed by atoms with Crippen LogP contribution in [0.2, 0.25) is 0 Å². The zero-order chi connectivity index (χ0) is 5.11. The molecule has 1 N–H and O–H groups in total. The van der Waals surface area contributed by atoms with Crippen molar-refractivity contribution < 1.29 is 4.79 Å². The summed E-state index contributed by atoms with van der Waals surface area (Å²) in [6.45, 7) is 1.91. The average molecular weight is 172 g/mol. The topological polar surface area (TPSA) is 29.1 Å². The molecule has 0 spiro atoms. The fraction of sp³-hybridized carbons (Fsp3) is 0.800. The van der Waals surface area contributed by atoms with Gasteiger partial charge in [-0.2, -0.15) is 0 Å². The summed E-state index contributed by atoms with van der Waals surface area (Å²) in [6, 6.07) is 0. The summed E-state index contributed by atoms with van der Waals surface area (Å²) in [7, 11) is 0. The van der Waals surface area contributed by atoms with Gasteiger partial charge in [0.15, 0.2) is 0 Å². The number of carbonyl (C=O) groups is 1. The lowest BCUT2D eigenvalue weighted by atomic mass is 10.2. The lowest BCUT2D eigenvalue weighted by Gasteiger charge is -1.89. The van der Waals surface area contributed by atoms with Gasteiger partial charge in [0.25, 0.3) is 0 Å². The first-order valence-corrected chi connectivity index (χ1v) is 2.59. The summed E-state index contributed by atoms with van der Waals surface area (Å²) in [4.78, 5) is 9.97. The molecule has 0 aromatic carbocycles. The molecular formula is C5H11Cl2NO. The Bertz CT molecular complexity index is 73.4. The number of rotatable bonds is 1. The van der Waals surface area contributed by atoms with Crippen LogP contribution in [0.15, 0.2) is 0 Å². The standard InChI is InChI=1S/C5H9NO.2ClH/c7-4-5-1-2-6-3-5;;/h4-6H,1-3H2;2*1H. The van der Waals surface area contributed by atoms with Crippen LogP contribution in [0.3, 0.4) is 0 Å². The van der Waals surface area contributed by atoms with E-state index < -0.39 is 0 Å². The van der Waals surface area contributed by atoms with Crippen molar-refractivity contribution in [3.8, 4) is 0 Å². The van der Waals surface area contributed by atoms with Crippen molar-refractivity contribution in [3.05, 3.63) is 0 Å². The molecule has 1 unspecified atom stereocenters. The maximum absolute atomic E-state index is 9.97. The van der Waals surface area contributed by atoms with Gasteiger partial charge in [0.05, 0.1) is 0 Å². The van der Waals surface area contributed by atoms with Crippen molar-refractivity contribution in [2.75, 3.05) is 13.1 Å². The van der Waals surface area contributed by atoms with Gasteiger partial charge in [-0.25, -0.2) is 0 Å². The largest absolute Gasteiger partial charge is 0.316 e. The van der Waals surface area contributed by atoms with E-state index in [1.807, 2.05) is 0 Å². The van der Waals surface area contributed by atoms with Gasteiger partial charge in [-0.15, -0.1) is 24.8 Å². The highest BCUT2D eigenvalue weighted by Gasteiger charge is 2.11. The van der Waals surface area contributed by atoms with E-state index in [2.05, 4.69) is 5.32 Å². The molecule has 0 amide bonds. The normalized spacial score (nSPS) is 23.8. The number of halogens is 2. The van der Waals surface area contributed by atoms with Crippen molar-refractivity contribution in [1.82, 2.24) is 5.32 Å². The Hall–Kier alpha value is 0.210. The quantitative estimate of drug-likeness (QED) is 0.588. The van der Waals surface area contributed by atoms with E-state index >= 15 is 0 Å². The maximum Gasteiger partial charge on any atom is 0.124 e. The fourth-order valence-corrected chi connectivity index (χ4v) is 0.793. The van der Waals surface area contributed by atoms with Gasteiger partial charge in [0, 0.05) is 12.5 Å². The minimum Gasteiger partial charge on any atom is -0.316 e. The van der Waals surface area contributed by atoms with Crippen LogP contribution in [0.5, 0.6) is 0 Å². The van der Waals surface area contributed by atoms with E-state index in [1.165, 1.54) is 0 Å². The molecule has 0 saturated carbocycles. The number of hydrogen-bond donors (Lipinski definition) is 1. The van der Waals surface area contributed by atoms with Crippen molar-refractivity contribution in [3.63, 3.8) is 0 Å². The summed E-state index contributed by atoms with van der Waals surface area (Å²) < 4.78 is 0. The summed E-state index contributed by atoms with van der Waals surface area (Å²) in [5.41, 5.74) is 0. The first-order valence-electron chi connectivity index (χ1n) is 2.59. The lowest BCUT2D eigenvalue weighted by Crippen LogP contribution is -2.09. The van der Waals surface area contributed by atoms with Crippen molar-refractivity contribution >= 4 is 31.1 Å². The number of nitrogens with one attached hydrogen (secondary N) is 1. The van der Waals surface area contributed by atoms with Gasteiger partial charge in [-0.3, -0.25) is 0 Å². The molecule has 56 valence electrons. The van der Waals surface area contributed by atoms with Crippen molar-refractivity contribution in [2.45, 2.75) is 6.42 Å².